The molecule has 2 atom stereocenters. The van der Waals surface area contributed by atoms with Gasteiger partial charge in [0, 0.05) is 41.1 Å². The molecule has 0 spiro atoms. The molecule has 3 aliphatic rings. The number of fused-ring (bicyclic) bond motifs is 3. The number of cyclic esters (lactones) is 1. The number of nitrogens with one attached hydrogen (secondary N) is 1. The van der Waals surface area contributed by atoms with Crippen LogP contribution in [0.15, 0.2) is 18.2 Å². The molecule has 2 saturated heterocycles. The molecule has 1 aromatic rings. The highest BCUT2D eigenvalue weighted by Crippen LogP contribution is 2.40. The minimum Gasteiger partial charge on any atom is -0.453 e. The molecule has 8 nitrogen and oxygen atoms in total. The molecule has 1 N–H and O–H groups in total. The summed E-state index contributed by atoms with van der Waals surface area (Å²) < 4.78 is 21.5. The molecule has 4 rings (SSSR count). The van der Waals surface area contributed by atoms with Crippen LogP contribution >= 0.6 is 0 Å². The van der Waals surface area contributed by atoms with E-state index in [4.69, 9.17) is 4.74 Å². The lowest BCUT2D eigenvalue weighted by atomic mass is 10.0. The second-order valence-electron chi connectivity index (χ2n) is 6.58. The molecule has 3 aliphatic heterocycles. The third-order valence-electron chi connectivity index (χ3n) is 5.14. The summed E-state index contributed by atoms with van der Waals surface area (Å²) in [4.78, 5) is 27.5. The van der Waals surface area contributed by atoms with Gasteiger partial charge < -0.3 is 19.7 Å². The van der Waals surface area contributed by atoms with Crippen LogP contribution in [0.5, 0.6) is 0 Å². The summed E-state index contributed by atoms with van der Waals surface area (Å²) >= 11 is 0. The van der Waals surface area contributed by atoms with Gasteiger partial charge in [-0.25, -0.2) is 9.59 Å². The normalized spacial score (nSPS) is 24.9. The number of carbonyl (C=O) groups is 2. The van der Waals surface area contributed by atoms with Crippen molar-refractivity contribution >= 4 is 34.4 Å². The van der Waals surface area contributed by atoms with E-state index in [1.165, 1.54) is 7.11 Å². The van der Waals surface area contributed by atoms with E-state index in [1.807, 2.05) is 12.1 Å². The molecular formula is C17H21N3O5S. The Kier molecular flexibility index (Phi) is 4.47. The first-order valence-corrected chi connectivity index (χ1v) is 10.1. The lowest BCUT2D eigenvalue weighted by molar-refractivity contribution is 0.123. The molecule has 3 heterocycles. The van der Waals surface area contributed by atoms with Crippen molar-refractivity contribution in [2.24, 2.45) is 0 Å². The third kappa shape index (κ3) is 3.00. The summed E-state index contributed by atoms with van der Waals surface area (Å²) in [5.74, 6) is 1.39. The monoisotopic (exact) mass is 379 g/mol. The molecule has 0 aromatic heterocycles. The van der Waals surface area contributed by atoms with E-state index in [1.54, 1.807) is 4.90 Å². The maximum absolute atomic E-state index is 12.3. The van der Waals surface area contributed by atoms with Crippen molar-refractivity contribution in [2.45, 2.75) is 18.6 Å². The number of benzene rings is 1. The highest BCUT2D eigenvalue weighted by molar-refractivity contribution is 7.85. The summed E-state index contributed by atoms with van der Waals surface area (Å²) in [7, 11) is 0.587. The quantitative estimate of drug-likeness (QED) is 0.838. The zero-order chi connectivity index (χ0) is 18.3. The number of ether oxygens (including phenoxy) is 2. The third-order valence-corrected chi connectivity index (χ3v) is 6.41. The number of methoxy groups -OCH3 is 1. The largest absolute Gasteiger partial charge is 0.453 e. The lowest BCUT2D eigenvalue weighted by Crippen LogP contribution is -2.40. The van der Waals surface area contributed by atoms with Crippen LogP contribution in [0.1, 0.15) is 5.56 Å². The second kappa shape index (κ2) is 6.79. The number of hydrogen-bond acceptors (Lipinski definition) is 6. The van der Waals surface area contributed by atoms with E-state index < -0.39 is 23.0 Å². The van der Waals surface area contributed by atoms with Gasteiger partial charge in [-0.15, -0.1) is 0 Å². The zero-order valence-corrected chi connectivity index (χ0v) is 15.3. The summed E-state index contributed by atoms with van der Waals surface area (Å²) in [6.07, 6.45) is -0.650. The van der Waals surface area contributed by atoms with Gasteiger partial charge in [-0.2, -0.15) is 0 Å². The minimum absolute atomic E-state index is 0.126. The number of amides is 2. The average molecular weight is 379 g/mol. The summed E-state index contributed by atoms with van der Waals surface area (Å²) in [5.41, 5.74) is 3.06. The van der Waals surface area contributed by atoms with Gasteiger partial charge in [-0.05, 0) is 30.2 Å². The van der Waals surface area contributed by atoms with E-state index in [9.17, 15) is 13.8 Å². The van der Waals surface area contributed by atoms with Gasteiger partial charge in [0.05, 0.1) is 25.4 Å². The average Bonchev–Trinajstić information content (AvgIpc) is 3.17. The first kappa shape index (κ1) is 17.1. The molecule has 9 heteroatoms. The maximum Gasteiger partial charge on any atom is 0.415 e. The molecule has 1 aromatic carbocycles. The van der Waals surface area contributed by atoms with Crippen LogP contribution in [0.25, 0.3) is 0 Å². The Labute approximate surface area is 153 Å². The fourth-order valence-corrected chi connectivity index (χ4v) is 4.84. The Hall–Kier alpha value is -2.29. The van der Waals surface area contributed by atoms with Gasteiger partial charge in [0.1, 0.15) is 6.10 Å². The van der Waals surface area contributed by atoms with Crippen LogP contribution in [0.3, 0.4) is 0 Å². The Morgan fingerprint density at radius 3 is 2.88 bits per heavy atom. The molecule has 2 amide bonds. The van der Waals surface area contributed by atoms with Crippen LogP contribution in [0.2, 0.25) is 0 Å². The molecule has 2 fully saturated rings. The van der Waals surface area contributed by atoms with E-state index in [0.29, 0.717) is 17.9 Å². The molecule has 140 valence electrons. The van der Waals surface area contributed by atoms with Gasteiger partial charge in [-0.1, -0.05) is 0 Å². The van der Waals surface area contributed by atoms with Crippen molar-refractivity contribution in [3.05, 3.63) is 23.8 Å². The number of rotatable bonds is 3. The summed E-state index contributed by atoms with van der Waals surface area (Å²) in [6, 6.07) is 5.94. The zero-order valence-electron chi connectivity index (χ0n) is 14.5. The highest BCUT2D eigenvalue weighted by Gasteiger charge is 2.47. The first-order chi connectivity index (χ1) is 12.6. The number of anilines is 2. The van der Waals surface area contributed by atoms with Crippen molar-refractivity contribution in [3.8, 4) is 0 Å². The maximum atomic E-state index is 12.3. The van der Waals surface area contributed by atoms with Crippen LogP contribution in [0, 0.1) is 0 Å². The van der Waals surface area contributed by atoms with Crippen LogP contribution in [-0.4, -0.2) is 66.8 Å². The van der Waals surface area contributed by atoms with E-state index in [-0.39, 0.29) is 18.7 Å². The van der Waals surface area contributed by atoms with Crippen molar-refractivity contribution in [1.82, 2.24) is 5.32 Å². The molecular weight excluding hydrogens is 358 g/mol. The summed E-state index contributed by atoms with van der Waals surface area (Å²) in [5, 5.41) is 2.60. The van der Waals surface area contributed by atoms with E-state index in [0.717, 1.165) is 30.0 Å². The van der Waals surface area contributed by atoms with Crippen molar-refractivity contribution < 1.29 is 23.3 Å². The molecule has 0 saturated carbocycles. The van der Waals surface area contributed by atoms with Gasteiger partial charge >= 0.3 is 12.2 Å². The van der Waals surface area contributed by atoms with Crippen LogP contribution in [0.4, 0.5) is 21.0 Å². The standard InChI is InChI=1S/C17H21N3O5S/c1-24-16(21)18-10-15-14-9-11-8-12(19-4-6-26(23)7-5-19)2-3-13(11)20(14)17(22)25-15/h2-3,8,14-15H,4-7,9-10H2,1H3,(H,18,21)/t14-,15-/m0/s1. The SMILES string of the molecule is COC(=O)NC[C@@H]1OC(=O)N2c3ccc(N4CCS(=O)CC4)cc3C[C@@H]12. The predicted octanol–water partition coefficient (Wildman–Crippen LogP) is 0.861. The van der Waals surface area contributed by atoms with Crippen molar-refractivity contribution in [2.75, 3.05) is 48.0 Å². The van der Waals surface area contributed by atoms with Gasteiger partial charge in [-0.3, -0.25) is 9.11 Å². The molecule has 26 heavy (non-hydrogen) atoms. The van der Waals surface area contributed by atoms with Gasteiger partial charge in [0.15, 0.2) is 0 Å². The Morgan fingerprint density at radius 1 is 1.38 bits per heavy atom. The molecule has 0 unspecified atom stereocenters. The van der Waals surface area contributed by atoms with Crippen LogP contribution in [-0.2, 0) is 26.7 Å². The number of hydrogen-bond donors (Lipinski definition) is 1. The van der Waals surface area contributed by atoms with Crippen molar-refractivity contribution in [3.63, 3.8) is 0 Å². The minimum atomic E-state index is -0.710. The lowest BCUT2D eigenvalue weighted by Gasteiger charge is -2.29. The second-order valence-corrected chi connectivity index (χ2v) is 8.28. The molecule has 0 radical (unpaired) electrons. The van der Waals surface area contributed by atoms with Crippen molar-refractivity contribution in [1.29, 1.82) is 0 Å². The van der Waals surface area contributed by atoms with E-state index >= 15 is 0 Å². The van der Waals surface area contributed by atoms with Crippen LogP contribution < -0.4 is 15.1 Å². The summed E-state index contributed by atoms with van der Waals surface area (Å²) in [6.45, 7) is 1.79. The number of nitrogens with zero attached hydrogens (tertiary/aromatic N) is 2. The van der Waals surface area contributed by atoms with E-state index in [2.05, 4.69) is 21.0 Å². The molecule has 0 bridgehead atoms. The first-order valence-electron chi connectivity index (χ1n) is 8.61. The van der Waals surface area contributed by atoms with Gasteiger partial charge in [0.25, 0.3) is 0 Å². The predicted molar refractivity (Wildman–Crippen MR) is 97.2 cm³/mol. The topological polar surface area (TPSA) is 88.2 Å². The van der Waals surface area contributed by atoms with Gasteiger partial charge in [0.2, 0.25) is 0 Å². The smallest absolute Gasteiger partial charge is 0.415 e. The Balaban J connectivity index is 1.50. The molecule has 0 aliphatic carbocycles. The number of alkyl carbamates (subject to hydrolysis) is 1. The highest BCUT2D eigenvalue weighted by atomic mass is 32.2. The Bertz CT molecular complexity index is 761. The fourth-order valence-electron chi connectivity index (χ4n) is 3.79. The fraction of sp³-hybridized carbons (Fsp3) is 0.529. The number of carbonyl (C=O) groups excluding carboxylic acids is 2. The Morgan fingerprint density at radius 2 is 2.15 bits per heavy atom.